The van der Waals surface area contributed by atoms with Crippen LogP contribution in [-0.4, -0.2) is 19.5 Å². The van der Waals surface area contributed by atoms with E-state index in [1.54, 1.807) is 12.3 Å². The topological polar surface area (TPSA) is 69.6 Å². The van der Waals surface area contributed by atoms with E-state index in [0.717, 1.165) is 11.0 Å². The Balaban J connectivity index is 2.20. The van der Waals surface area contributed by atoms with Gasteiger partial charge in [-0.2, -0.15) is 0 Å². The largest absolute Gasteiger partial charge is 0.318 e. The minimum absolute atomic E-state index is 0.386. The predicted octanol–water partition coefficient (Wildman–Crippen LogP) is 2.76. The van der Waals surface area contributed by atoms with Crippen LogP contribution in [0.1, 0.15) is 11.9 Å². The minimum atomic E-state index is -0.386. The summed E-state index contributed by atoms with van der Waals surface area (Å²) in [5, 5.41) is 0. The van der Waals surface area contributed by atoms with Crippen molar-refractivity contribution in [1.82, 2.24) is 19.5 Å². The Bertz CT molecular complexity index is 780. The van der Waals surface area contributed by atoms with Crippen LogP contribution < -0.4 is 5.73 Å². The number of hydrogen-bond donors (Lipinski definition) is 1. The standard InChI is InChI=1S/C14H12BrN5/c1-2-9(16)13-17-8-7-12(19-13)20-11-6-4-3-5-10(11)18-14(20)15/h2-9H,1,16H2. The molecule has 5 nitrogen and oxygen atoms in total. The first-order valence-electron chi connectivity index (χ1n) is 6.05. The molecule has 1 aromatic carbocycles. The molecule has 3 aromatic rings. The average molecular weight is 330 g/mol. The second-order valence-electron chi connectivity index (χ2n) is 4.24. The zero-order chi connectivity index (χ0) is 14.1. The van der Waals surface area contributed by atoms with Crippen molar-refractivity contribution in [3.05, 3.63) is 59.7 Å². The van der Waals surface area contributed by atoms with Gasteiger partial charge in [0.2, 0.25) is 0 Å². The highest BCUT2D eigenvalue weighted by molar-refractivity contribution is 9.10. The fourth-order valence-corrected chi connectivity index (χ4v) is 2.53. The second-order valence-corrected chi connectivity index (χ2v) is 4.95. The molecule has 1 unspecified atom stereocenters. The zero-order valence-corrected chi connectivity index (χ0v) is 12.2. The number of imidazole rings is 1. The monoisotopic (exact) mass is 329 g/mol. The third-order valence-corrected chi connectivity index (χ3v) is 3.49. The van der Waals surface area contributed by atoms with Crippen LogP contribution >= 0.6 is 15.9 Å². The molecule has 0 radical (unpaired) electrons. The lowest BCUT2D eigenvalue weighted by Gasteiger charge is -2.09. The molecule has 6 heteroatoms. The van der Waals surface area contributed by atoms with Crippen molar-refractivity contribution >= 4 is 27.0 Å². The third-order valence-electron chi connectivity index (χ3n) is 2.96. The summed E-state index contributed by atoms with van der Waals surface area (Å²) in [6.45, 7) is 3.66. The molecular formula is C14H12BrN5. The highest BCUT2D eigenvalue weighted by Crippen LogP contribution is 2.23. The van der Waals surface area contributed by atoms with Gasteiger partial charge in [0.1, 0.15) is 5.82 Å². The first-order valence-corrected chi connectivity index (χ1v) is 6.84. The molecule has 0 fully saturated rings. The molecule has 0 aliphatic heterocycles. The molecule has 0 aliphatic rings. The molecule has 1 atom stereocenters. The summed E-state index contributed by atoms with van der Waals surface area (Å²) in [5.41, 5.74) is 7.75. The summed E-state index contributed by atoms with van der Waals surface area (Å²) >= 11 is 3.47. The predicted molar refractivity (Wildman–Crippen MR) is 81.5 cm³/mol. The number of rotatable bonds is 3. The summed E-state index contributed by atoms with van der Waals surface area (Å²) in [7, 11) is 0. The van der Waals surface area contributed by atoms with Crippen LogP contribution in [0.25, 0.3) is 16.9 Å². The molecule has 100 valence electrons. The second kappa shape index (κ2) is 5.15. The van der Waals surface area contributed by atoms with Crippen LogP contribution in [0.5, 0.6) is 0 Å². The molecule has 0 aliphatic carbocycles. The van der Waals surface area contributed by atoms with E-state index in [1.165, 1.54) is 0 Å². The van der Waals surface area contributed by atoms with E-state index in [1.807, 2.05) is 34.9 Å². The zero-order valence-electron chi connectivity index (χ0n) is 10.6. The molecule has 0 saturated heterocycles. The summed E-state index contributed by atoms with van der Waals surface area (Å²) in [6, 6.07) is 9.29. The van der Waals surface area contributed by atoms with Gasteiger partial charge in [-0.05, 0) is 34.1 Å². The van der Waals surface area contributed by atoms with Gasteiger partial charge in [0.25, 0.3) is 0 Å². The summed E-state index contributed by atoms with van der Waals surface area (Å²) in [6.07, 6.45) is 3.29. The Labute approximate surface area is 124 Å². The van der Waals surface area contributed by atoms with Crippen LogP contribution in [0, 0.1) is 0 Å². The fraction of sp³-hybridized carbons (Fsp3) is 0.0714. The van der Waals surface area contributed by atoms with Gasteiger partial charge in [-0.1, -0.05) is 18.2 Å². The van der Waals surface area contributed by atoms with E-state index in [4.69, 9.17) is 5.73 Å². The minimum Gasteiger partial charge on any atom is -0.318 e. The number of nitrogens with two attached hydrogens (primary N) is 1. The Kier molecular flexibility index (Phi) is 3.33. The first-order chi connectivity index (χ1) is 9.70. The van der Waals surface area contributed by atoms with Crippen molar-refractivity contribution in [1.29, 1.82) is 0 Å². The molecule has 0 bridgehead atoms. The van der Waals surface area contributed by atoms with E-state index in [2.05, 4.69) is 37.5 Å². The number of nitrogens with zero attached hydrogens (tertiary/aromatic N) is 4. The van der Waals surface area contributed by atoms with Crippen molar-refractivity contribution in [2.75, 3.05) is 0 Å². The molecule has 2 N–H and O–H groups in total. The van der Waals surface area contributed by atoms with Gasteiger partial charge >= 0.3 is 0 Å². The Morgan fingerprint density at radius 1 is 1.25 bits per heavy atom. The molecule has 0 spiro atoms. The Hall–Kier alpha value is -2.05. The van der Waals surface area contributed by atoms with Gasteiger partial charge in [0.15, 0.2) is 10.6 Å². The van der Waals surface area contributed by atoms with Gasteiger partial charge in [0.05, 0.1) is 17.1 Å². The van der Waals surface area contributed by atoms with E-state index < -0.39 is 0 Å². The van der Waals surface area contributed by atoms with Gasteiger partial charge in [-0.25, -0.2) is 15.0 Å². The lowest BCUT2D eigenvalue weighted by molar-refractivity contribution is 0.792. The Morgan fingerprint density at radius 3 is 2.85 bits per heavy atom. The maximum absolute atomic E-state index is 5.89. The van der Waals surface area contributed by atoms with Gasteiger partial charge in [0, 0.05) is 6.20 Å². The first kappa shape index (κ1) is 13.0. The van der Waals surface area contributed by atoms with Gasteiger partial charge < -0.3 is 5.73 Å². The van der Waals surface area contributed by atoms with Crippen molar-refractivity contribution in [3.63, 3.8) is 0 Å². The van der Waals surface area contributed by atoms with E-state index in [-0.39, 0.29) is 6.04 Å². The molecular weight excluding hydrogens is 318 g/mol. The van der Waals surface area contributed by atoms with E-state index in [0.29, 0.717) is 16.4 Å². The van der Waals surface area contributed by atoms with Crippen LogP contribution in [-0.2, 0) is 0 Å². The lowest BCUT2D eigenvalue weighted by Crippen LogP contribution is -2.12. The molecule has 2 aromatic heterocycles. The summed E-state index contributed by atoms with van der Waals surface area (Å²) < 4.78 is 2.60. The van der Waals surface area contributed by atoms with Crippen LogP contribution in [0.2, 0.25) is 0 Å². The normalized spacial score (nSPS) is 12.5. The number of hydrogen-bond acceptors (Lipinski definition) is 4. The maximum Gasteiger partial charge on any atom is 0.184 e. The van der Waals surface area contributed by atoms with Crippen LogP contribution in [0.15, 0.2) is 53.9 Å². The smallest absolute Gasteiger partial charge is 0.184 e. The van der Waals surface area contributed by atoms with Crippen LogP contribution in [0.3, 0.4) is 0 Å². The van der Waals surface area contributed by atoms with Crippen molar-refractivity contribution in [2.24, 2.45) is 5.73 Å². The Morgan fingerprint density at radius 2 is 2.05 bits per heavy atom. The average Bonchev–Trinajstić information content (AvgIpc) is 2.82. The summed E-state index contributed by atoms with van der Waals surface area (Å²) in [5.74, 6) is 1.25. The molecule has 2 heterocycles. The molecule has 3 rings (SSSR count). The van der Waals surface area contributed by atoms with Crippen molar-refractivity contribution < 1.29 is 0 Å². The molecule has 20 heavy (non-hydrogen) atoms. The highest BCUT2D eigenvalue weighted by atomic mass is 79.9. The third kappa shape index (κ3) is 2.13. The molecule has 0 saturated carbocycles. The summed E-state index contributed by atoms with van der Waals surface area (Å²) in [4.78, 5) is 13.1. The van der Waals surface area contributed by atoms with E-state index >= 15 is 0 Å². The van der Waals surface area contributed by atoms with Crippen molar-refractivity contribution in [2.45, 2.75) is 6.04 Å². The fourth-order valence-electron chi connectivity index (χ4n) is 1.97. The lowest BCUT2D eigenvalue weighted by atomic mass is 10.3. The molecule has 0 amide bonds. The number of fused-ring (bicyclic) bond motifs is 1. The number of halogens is 1. The quantitative estimate of drug-likeness (QED) is 0.750. The van der Waals surface area contributed by atoms with Crippen molar-refractivity contribution in [3.8, 4) is 5.82 Å². The SMILES string of the molecule is C=CC(N)c1nccc(-n2c(Br)nc3ccccc32)n1. The van der Waals surface area contributed by atoms with Crippen LogP contribution in [0.4, 0.5) is 0 Å². The number of benzene rings is 1. The number of aromatic nitrogens is 4. The van der Waals surface area contributed by atoms with Gasteiger partial charge in [-0.15, -0.1) is 6.58 Å². The highest BCUT2D eigenvalue weighted by Gasteiger charge is 2.13. The number of para-hydroxylation sites is 2. The maximum atomic E-state index is 5.89. The van der Waals surface area contributed by atoms with E-state index in [9.17, 15) is 0 Å². The van der Waals surface area contributed by atoms with Gasteiger partial charge in [-0.3, -0.25) is 4.57 Å².